The van der Waals surface area contributed by atoms with Crippen LogP contribution >= 0.6 is 0 Å². The van der Waals surface area contributed by atoms with Crippen LogP contribution < -0.4 is 5.73 Å². The summed E-state index contributed by atoms with van der Waals surface area (Å²) in [5, 5.41) is 8.12. The fourth-order valence-electron chi connectivity index (χ4n) is 3.72. The number of aryl methyl sites for hydroxylation is 2. The van der Waals surface area contributed by atoms with Gasteiger partial charge in [-0.25, -0.2) is 4.68 Å². The lowest BCUT2D eigenvalue weighted by molar-refractivity contribution is 0.0670. The molecule has 0 spiro atoms. The lowest BCUT2D eigenvalue weighted by Gasteiger charge is -2.23. The van der Waals surface area contributed by atoms with Crippen molar-refractivity contribution in [2.24, 2.45) is 0 Å². The minimum Gasteiger partial charge on any atom is -0.383 e. The molecule has 1 saturated heterocycles. The number of hydrogen-bond donors (Lipinski definition) is 1. The molecule has 8 nitrogen and oxygen atoms in total. The highest BCUT2D eigenvalue weighted by molar-refractivity contribution is 6.07. The fourth-order valence-corrected chi connectivity index (χ4v) is 3.72. The van der Waals surface area contributed by atoms with Crippen molar-refractivity contribution in [3.63, 3.8) is 0 Å². The van der Waals surface area contributed by atoms with E-state index in [1.54, 1.807) is 18.7 Å². The summed E-state index contributed by atoms with van der Waals surface area (Å²) >= 11 is 0. The molecule has 3 heterocycles. The van der Waals surface area contributed by atoms with Crippen LogP contribution in [0, 0.1) is 13.8 Å². The van der Waals surface area contributed by atoms with E-state index < -0.39 is 6.04 Å². The summed E-state index contributed by atoms with van der Waals surface area (Å²) < 4.78 is 6.64. The van der Waals surface area contributed by atoms with E-state index in [4.69, 9.17) is 10.3 Å². The molecule has 28 heavy (non-hydrogen) atoms. The van der Waals surface area contributed by atoms with Gasteiger partial charge in [-0.05, 0) is 38.8 Å². The van der Waals surface area contributed by atoms with Crippen LogP contribution in [0.2, 0.25) is 0 Å². The van der Waals surface area contributed by atoms with E-state index >= 15 is 0 Å². The molecule has 3 aromatic rings. The first-order valence-electron chi connectivity index (χ1n) is 9.16. The molecule has 2 N–H and O–H groups in total. The number of likely N-dealkylation sites (tertiary alicyclic amines) is 1. The van der Waals surface area contributed by atoms with E-state index in [-0.39, 0.29) is 17.5 Å². The van der Waals surface area contributed by atoms with Crippen molar-refractivity contribution in [1.29, 1.82) is 0 Å². The Hall–Kier alpha value is -3.42. The zero-order valence-electron chi connectivity index (χ0n) is 15.8. The minimum absolute atomic E-state index is 0.197. The van der Waals surface area contributed by atoms with E-state index in [0.717, 1.165) is 12.1 Å². The second-order valence-corrected chi connectivity index (χ2v) is 6.91. The summed E-state index contributed by atoms with van der Waals surface area (Å²) in [5.74, 6) is 0.295. The number of Topliss-reactive ketones (excluding diaryl/α,β-unsaturated/α-hetero) is 1. The Morgan fingerprint density at radius 2 is 1.96 bits per heavy atom. The third kappa shape index (κ3) is 2.87. The molecule has 0 radical (unpaired) electrons. The topological polar surface area (TPSA) is 107 Å². The number of nitrogens with zero attached hydrogens (tertiary/aromatic N) is 4. The molecule has 0 bridgehead atoms. The van der Waals surface area contributed by atoms with Gasteiger partial charge in [0.25, 0.3) is 5.91 Å². The van der Waals surface area contributed by atoms with E-state index in [9.17, 15) is 9.59 Å². The quantitative estimate of drug-likeness (QED) is 0.698. The average Bonchev–Trinajstić information content (AvgIpc) is 3.41. The van der Waals surface area contributed by atoms with Gasteiger partial charge < -0.3 is 15.2 Å². The molecular weight excluding hydrogens is 358 g/mol. The number of nitrogens with two attached hydrogens (primary N) is 1. The highest BCUT2D eigenvalue weighted by atomic mass is 16.5. The maximum Gasteiger partial charge on any atom is 0.259 e. The number of nitrogen functional groups attached to an aromatic ring is 1. The Kier molecular flexibility index (Phi) is 4.46. The summed E-state index contributed by atoms with van der Waals surface area (Å²) in [6, 6.07) is 8.79. The van der Waals surface area contributed by atoms with Crippen LogP contribution in [0.3, 0.4) is 0 Å². The number of carbonyl (C=O) groups excluding carboxylic acids is 2. The van der Waals surface area contributed by atoms with Gasteiger partial charge >= 0.3 is 0 Å². The van der Waals surface area contributed by atoms with Gasteiger partial charge in [0.1, 0.15) is 17.1 Å². The number of para-hydroxylation sites is 1. The summed E-state index contributed by atoms with van der Waals surface area (Å²) in [7, 11) is 0. The van der Waals surface area contributed by atoms with Crippen LogP contribution in [-0.2, 0) is 0 Å². The molecule has 1 atom stereocenters. The number of benzene rings is 1. The molecular formula is C20H21N5O3. The summed E-state index contributed by atoms with van der Waals surface area (Å²) in [6.07, 6.45) is 2.81. The number of hydrogen-bond acceptors (Lipinski definition) is 6. The average molecular weight is 379 g/mol. The van der Waals surface area contributed by atoms with Crippen LogP contribution in [0.4, 0.5) is 5.82 Å². The highest BCUT2D eigenvalue weighted by Gasteiger charge is 2.38. The molecule has 2 aromatic heterocycles. The summed E-state index contributed by atoms with van der Waals surface area (Å²) in [5.41, 5.74) is 8.27. The highest BCUT2D eigenvalue weighted by Crippen LogP contribution is 2.28. The third-order valence-corrected chi connectivity index (χ3v) is 5.14. The first-order valence-corrected chi connectivity index (χ1v) is 9.16. The lowest BCUT2D eigenvalue weighted by Crippen LogP contribution is -2.41. The zero-order chi connectivity index (χ0) is 19.8. The van der Waals surface area contributed by atoms with Crippen LogP contribution in [0.25, 0.3) is 5.69 Å². The standard InChI is InChI=1S/C20H21N5O3/c1-12-17(13(2)28-23-12)20(27)24-10-6-9-16(24)18(26)15-11-22-25(19(15)21)14-7-4-3-5-8-14/h3-5,7-8,11,16H,6,9-10,21H2,1-2H3/t16-/m0/s1. The third-order valence-electron chi connectivity index (χ3n) is 5.14. The van der Waals surface area contributed by atoms with E-state index in [1.807, 2.05) is 30.3 Å². The van der Waals surface area contributed by atoms with Gasteiger partial charge in [-0.3, -0.25) is 9.59 Å². The first kappa shape index (κ1) is 18.0. The predicted octanol–water partition coefficient (Wildman–Crippen LogP) is 2.55. The van der Waals surface area contributed by atoms with Gasteiger partial charge in [-0.1, -0.05) is 23.4 Å². The van der Waals surface area contributed by atoms with Crippen LogP contribution in [0.1, 0.15) is 45.0 Å². The monoisotopic (exact) mass is 379 g/mol. The van der Waals surface area contributed by atoms with E-state index in [2.05, 4.69) is 10.3 Å². The van der Waals surface area contributed by atoms with Gasteiger partial charge in [-0.2, -0.15) is 5.10 Å². The van der Waals surface area contributed by atoms with Crippen molar-refractivity contribution in [3.8, 4) is 5.69 Å². The van der Waals surface area contributed by atoms with E-state index in [0.29, 0.717) is 35.5 Å². The molecule has 4 rings (SSSR count). The maximum absolute atomic E-state index is 13.2. The predicted molar refractivity (Wildman–Crippen MR) is 102 cm³/mol. The Balaban J connectivity index is 1.63. The Bertz CT molecular complexity index is 1020. The van der Waals surface area contributed by atoms with Crippen molar-refractivity contribution < 1.29 is 14.1 Å². The lowest BCUT2D eigenvalue weighted by atomic mass is 10.0. The molecule has 0 aliphatic carbocycles. The smallest absolute Gasteiger partial charge is 0.259 e. The largest absolute Gasteiger partial charge is 0.383 e. The Labute approximate surface area is 161 Å². The molecule has 8 heteroatoms. The van der Waals surface area contributed by atoms with Crippen LogP contribution in [-0.4, -0.2) is 44.1 Å². The molecule has 1 aliphatic rings. The molecule has 1 aromatic carbocycles. The van der Waals surface area contributed by atoms with Gasteiger partial charge in [0.2, 0.25) is 0 Å². The van der Waals surface area contributed by atoms with Gasteiger partial charge in [0.15, 0.2) is 5.78 Å². The minimum atomic E-state index is -0.572. The summed E-state index contributed by atoms with van der Waals surface area (Å²) in [4.78, 5) is 27.8. The van der Waals surface area contributed by atoms with Gasteiger partial charge in [0.05, 0.1) is 29.2 Å². The van der Waals surface area contributed by atoms with Crippen molar-refractivity contribution in [2.75, 3.05) is 12.3 Å². The van der Waals surface area contributed by atoms with Crippen LogP contribution in [0.5, 0.6) is 0 Å². The first-order chi connectivity index (χ1) is 13.5. The van der Waals surface area contributed by atoms with Crippen molar-refractivity contribution in [1.82, 2.24) is 19.8 Å². The Morgan fingerprint density at radius 3 is 2.64 bits per heavy atom. The van der Waals surface area contributed by atoms with Crippen molar-refractivity contribution >= 4 is 17.5 Å². The number of anilines is 1. The second kappa shape index (κ2) is 6.95. The van der Waals surface area contributed by atoms with Crippen molar-refractivity contribution in [3.05, 3.63) is 59.1 Å². The van der Waals surface area contributed by atoms with Gasteiger partial charge in [0, 0.05) is 6.54 Å². The molecule has 144 valence electrons. The maximum atomic E-state index is 13.2. The number of ketones is 1. The van der Waals surface area contributed by atoms with Crippen molar-refractivity contribution in [2.45, 2.75) is 32.7 Å². The molecule has 1 amide bonds. The fraction of sp³-hybridized carbons (Fsp3) is 0.300. The van der Waals surface area contributed by atoms with Crippen LogP contribution in [0.15, 0.2) is 41.1 Å². The Morgan fingerprint density at radius 1 is 1.21 bits per heavy atom. The number of rotatable bonds is 4. The number of carbonyl (C=O) groups is 2. The SMILES string of the molecule is Cc1noc(C)c1C(=O)N1CCC[C@H]1C(=O)c1cnn(-c2ccccc2)c1N. The molecule has 0 unspecified atom stereocenters. The molecule has 0 saturated carbocycles. The van der Waals surface area contributed by atoms with E-state index in [1.165, 1.54) is 10.9 Å². The molecule has 1 aliphatic heterocycles. The molecule has 1 fully saturated rings. The number of aromatic nitrogens is 3. The van der Waals surface area contributed by atoms with Gasteiger partial charge in [-0.15, -0.1) is 0 Å². The normalized spacial score (nSPS) is 16.5. The zero-order valence-corrected chi connectivity index (χ0v) is 15.8. The second-order valence-electron chi connectivity index (χ2n) is 6.91. The summed E-state index contributed by atoms with van der Waals surface area (Å²) in [6.45, 7) is 3.92. The number of amides is 1.